The van der Waals surface area contributed by atoms with Crippen LogP contribution in [-0.4, -0.2) is 21.5 Å². The summed E-state index contributed by atoms with van der Waals surface area (Å²) in [5.74, 6) is 0.00477. The van der Waals surface area contributed by atoms with E-state index in [0.29, 0.717) is 11.7 Å². The van der Waals surface area contributed by atoms with Gasteiger partial charge in [0, 0.05) is 18.4 Å². The number of rotatable bonds is 3. The summed E-state index contributed by atoms with van der Waals surface area (Å²) in [6, 6.07) is 7.96. The maximum absolute atomic E-state index is 12.4. The topological polar surface area (TPSA) is 46.9 Å². The number of carbonyl (C=O) groups excluding carboxylic acids is 1. The Labute approximate surface area is 118 Å². The maximum Gasteiger partial charge on any atom is 0.268 e. The molecule has 104 valence electrons. The SMILES string of the molecule is Cc1ncccc1-n1cccc1C(=O)NC1CCCC1. The summed E-state index contributed by atoms with van der Waals surface area (Å²) in [5.41, 5.74) is 2.54. The highest BCUT2D eigenvalue weighted by Gasteiger charge is 2.20. The van der Waals surface area contributed by atoms with E-state index in [1.165, 1.54) is 12.8 Å². The molecule has 0 radical (unpaired) electrons. The van der Waals surface area contributed by atoms with Crippen molar-refractivity contribution in [3.05, 3.63) is 48.0 Å². The lowest BCUT2D eigenvalue weighted by atomic mass is 10.2. The molecule has 4 heteroatoms. The Morgan fingerprint density at radius 2 is 2.10 bits per heavy atom. The normalized spacial score (nSPS) is 15.4. The molecule has 0 aliphatic heterocycles. The van der Waals surface area contributed by atoms with Crippen LogP contribution >= 0.6 is 0 Å². The van der Waals surface area contributed by atoms with Crippen molar-refractivity contribution < 1.29 is 4.79 Å². The minimum atomic E-state index is 0.00477. The lowest BCUT2D eigenvalue weighted by molar-refractivity contribution is 0.0931. The standard InChI is InChI=1S/C16H19N3O/c1-12-14(8-4-10-17-12)19-11-5-9-15(19)16(20)18-13-6-2-3-7-13/h4-5,8-11,13H,2-3,6-7H2,1H3,(H,18,20). The third-order valence-electron chi connectivity index (χ3n) is 3.91. The number of amides is 1. The highest BCUT2D eigenvalue weighted by atomic mass is 16.2. The number of carbonyl (C=O) groups is 1. The van der Waals surface area contributed by atoms with E-state index in [4.69, 9.17) is 0 Å². The molecule has 2 aromatic rings. The van der Waals surface area contributed by atoms with Gasteiger partial charge in [0.2, 0.25) is 0 Å². The summed E-state index contributed by atoms with van der Waals surface area (Å²) in [4.78, 5) is 16.7. The minimum absolute atomic E-state index is 0.00477. The Morgan fingerprint density at radius 1 is 1.30 bits per heavy atom. The summed E-state index contributed by atoms with van der Waals surface area (Å²) >= 11 is 0. The van der Waals surface area contributed by atoms with Crippen molar-refractivity contribution in [3.8, 4) is 5.69 Å². The van der Waals surface area contributed by atoms with Gasteiger partial charge in [-0.25, -0.2) is 0 Å². The molecule has 2 heterocycles. The molecule has 0 spiro atoms. The van der Waals surface area contributed by atoms with Crippen molar-refractivity contribution in [1.29, 1.82) is 0 Å². The minimum Gasteiger partial charge on any atom is -0.348 e. The quantitative estimate of drug-likeness (QED) is 0.931. The van der Waals surface area contributed by atoms with Crippen molar-refractivity contribution in [3.63, 3.8) is 0 Å². The van der Waals surface area contributed by atoms with Crippen LogP contribution in [0.1, 0.15) is 41.9 Å². The van der Waals surface area contributed by atoms with E-state index >= 15 is 0 Å². The van der Waals surface area contributed by atoms with E-state index in [-0.39, 0.29) is 5.91 Å². The molecule has 2 aromatic heterocycles. The molecule has 20 heavy (non-hydrogen) atoms. The lowest BCUT2D eigenvalue weighted by Crippen LogP contribution is -2.33. The zero-order valence-corrected chi connectivity index (χ0v) is 11.7. The fourth-order valence-electron chi connectivity index (χ4n) is 2.84. The van der Waals surface area contributed by atoms with Crippen LogP contribution in [0.5, 0.6) is 0 Å². The summed E-state index contributed by atoms with van der Waals surface area (Å²) in [6.45, 7) is 1.95. The van der Waals surface area contributed by atoms with Crippen LogP contribution in [0.4, 0.5) is 0 Å². The van der Waals surface area contributed by atoms with Crippen molar-refractivity contribution in [2.75, 3.05) is 0 Å². The molecule has 1 aliphatic carbocycles. The number of hydrogen-bond donors (Lipinski definition) is 1. The summed E-state index contributed by atoms with van der Waals surface area (Å²) in [7, 11) is 0. The number of nitrogens with zero attached hydrogens (tertiary/aromatic N) is 2. The van der Waals surface area contributed by atoms with Gasteiger partial charge in [-0.1, -0.05) is 12.8 Å². The van der Waals surface area contributed by atoms with Crippen LogP contribution in [0, 0.1) is 6.92 Å². The average molecular weight is 269 g/mol. The van der Waals surface area contributed by atoms with Crippen molar-refractivity contribution >= 4 is 5.91 Å². The van der Waals surface area contributed by atoms with Gasteiger partial charge in [-0.15, -0.1) is 0 Å². The van der Waals surface area contributed by atoms with Crippen LogP contribution in [-0.2, 0) is 0 Å². The van der Waals surface area contributed by atoms with Crippen molar-refractivity contribution in [2.24, 2.45) is 0 Å². The molecule has 1 aliphatic rings. The molecule has 0 bridgehead atoms. The predicted octanol–water partition coefficient (Wildman–Crippen LogP) is 2.85. The van der Waals surface area contributed by atoms with Crippen LogP contribution in [0.3, 0.4) is 0 Å². The van der Waals surface area contributed by atoms with Crippen molar-refractivity contribution in [2.45, 2.75) is 38.6 Å². The number of aromatic nitrogens is 2. The molecule has 0 aromatic carbocycles. The Morgan fingerprint density at radius 3 is 2.85 bits per heavy atom. The van der Waals surface area contributed by atoms with Crippen molar-refractivity contribution in [1.82, 2.24) is 14.9 Å². The van der Waals surface area contributed by atoms with Gasteiger partial charge < -0.3 is 9.88 Å². The first-order chi connectivity index (χ1) is 9.75. The predicted molar refractivity (Wildman–Crippen MR) is 78.0 cm³/mol. The van der Waals surface area contributed by atoms with Gasteiger partial charge >= 0.3 is 0 Å². The van der Waals surface area contributed by atoms with Gasteiger partial charge in [0.1, 0.15) is 5.69 Å². The number of aryl methyl sites for hydroxylation is 1. The summed E-state index contributed by atoms with van der Waals surface area (Å²) < 4.78 is 1.91. The van der Waals surface area contributed by atoms with Crippen LogP contribution < -0.4 is 5.32 Å². The van der Waals surface area contributed by atoms with Gasteiger partial charge in [0.05, 0.1) is 11.4 Å². The van der Waals surface area contributed by atoms with Crippen LogP contribution in [0.25, 0.3) is 5.69 Å². The number of pyridine rings is 1. The molecule has 3 rings (SSSR count). The second kappa shape index (κ2) is 5.49. The third kappa shape index (κ3) is 2.46. The lowest BCUT2D eigenvalue weighted by Gasteiger charge is -2.14. The summed E-state index contributed by atoms with van der Waals surface area (Å²) in [5, 5.41) is 3.13. The van der Waals surface area contributed by atoms with Gasteiger partial charge in [-0.2, -0.15) is 0 Å². The highest BCUT2D eigenvalue weighted by Crippen LogP contribution is 2.19. The van der Waals surface area contributed by atoms with E-state index in [1.807, 2.05) is 42.0 Å². The second-order valence-corrected chi connectivity index (χ2v) is 5.33. The summed E-state index contributed by atoms with van der Waals surface area (Å²) in [6.07, 6.45) is 8.30. The molecule has 1 saturated carbocycles. The Hall–Kier alpha value is -2.10. The molecule has 0 saturated heterocycles. The largest absolute Gasteiger partial charge is 0.348 e. The second-order valence-electron chi connectivity index (χ2n) is 5.33. The molecule has 1 fully saturated rings. The number of hydrogen-bond acceptors (Lipinski definition) is 2. The highest BCUT2D eigenvalue weighted by molar-refractivity contribution is 5.93. The van der Waals surface area contributed by atoms with Gasteiger partial charge in [-0.05, 0) is 44.0 Å². The van der Waals surface area contributed by atoms with Crippen LogP contribution in [0.15, 0.2) is 36.7 Å². The molecule has 4 nitrogen and oxygen atoms in total. The maximum atomic E-state index is 12.4. The molecule has 1 N–H and O–H groups in total. The van der Waals surface area contributed by atoms with E-state index in [1.54, 1.807) is 6.20 Å². The molecular formula is C16H19N3O. The van der Waals surface area contributed by atoms with Gasteiger partial charge in [0.25, 0.3) is 5.91 Å². The fourth-order valence-corrected chi connectivity index (χ4v) is 2.84. The van der Waals surface area contributed by atoms with Gasteiger partial charge in [0.15, 0.2) is 0 Å². The van der Waals surface area contributed by atoms with E-state index in [2.05, 4.69) is 10.3 Å². The molecule has 0 unspecified atom stereocenters. The molecule has 1 amide bonds. The Kier molecular flexibility index (Phi) is 3.54. The third-order valence-corrected chi connectivity index (χ3v) is 3.91. The van der Waals surface area contributed by atoms with E-state index in [0.717, 1.165) is 24.2 Å². The smallest absolute Gasteiger partial charge is 0.268 e. The fraction of sp³-hybridized carbons (Fsp3) is 0.375. The molecular weight excluding hydrogens is 250 g/mol. The first-order valence-electron chi connectivity index (χ1n) is 7.16. The monoisotopic (exact) mass is 269 g/mol. The number of nitrogens with one attached hydrogen (secondary N) is 1. The Balaban J connectivity index is 1.86. The van der Waals surface area contributed by atoms with Gasteiger partial charge in [-0.3, -0.25) is 9.78 Å². The Bertz CT molecular complexity index is 612. The van der Waals surface area contributed by atoms with E-state index < -0.39 is 0 Å². The van der Waals surface area contributed by atoms with Crippen LogP contribution in [0.2, 0.25) is 0 Å². The average Bonchev–Trinajstić information content (AvgIpc) is 3.09. The van der Waals surface area contributed by atoms with E-state index in [9.17, 15) is 4.79 Å². The first-order valence-corrected chi connectivity index (χ1v) is 7.16. The zero-order valence-electron chi connectivity index (χ0n) is 11.7. The molecule has 0 atom stereocenters. The zero-order chi connectivity index (χ0) is 13.9. The first kappa shape index (κ1) is 12.9.